The summed E-state index contributed by atoms with van der Waals surface area (Å²) in [5.41, 5.74) is 2.70. The van der Waals surface area contributed by atoms with E-state index in [2.05, 4.69) is 0 Å². The van der Waals surface area contributed by atoms with Crippen LogP contribution in [0.5, 0.6) is 0 Å². The number of ketones is 1. The van der Waals surface area contributed by atoms with Gasteiger partial charge < -0.3 is 36.4 Å². The first-order valence-corrected chi connectivity index (χ1v) is 5.95. The molecule has 8 nitrogen and oxygen atoms in total. The zero-order valence-electron chi connectivity index (χ0n) is 13.8. The fourth-order valence-electron chi connectivity index (χ4n) is 1.96. The Morgan fingerprint density at radius 2 is 1.46 bits per heavy atom. The second kappa shape index (κ2) is 12.8. The summed E-state index contributed by atoms with van der Waals surface area (Å²) in [4.78, 5) is 22.9. The minimum atomic E-state index is -1.16. The molecule has 0 radical (unpaired) electrons. The molecule has 0 atom stereocenters. The van der Waals surface area contributed by atoms with Gasteiger partial charge in [-0.05, 0) is 19.1 Å². The van der Waals surface area contributed by atoms with Crippen molar-refractivity contribution >= 4 is 11.8 Å². The van der Waals surface area contributed by atoms with Gasteiger partial charge in [0, 0.05) is 30.7 Å². The van der Waals surface area contributed by atoms with Gasteiger partial charge in [-0.15, -0.1) is 0 Å². The van der Waals surface area contributed by atoms with Gasteiger partial charge >= 0.3 is 29.6 Å². The molecule has 0 saturated heterocycles. The van der Waals surface area contributed by atoms with Crippen molar-refractivity contribution in [2.24, 2.45) is 7.05 Å². The van der Waals surface area contributed by atoms with Crippen LogP contribution in [-0.2, 0) is 18.3 Å². The van der Waals surface area contributed by atoms with Gasteiger partial charge in [0.1, 0.15) is 0 Å². The minimum absolute atomic E-state index is 0. The molecule has 0 saturated carbocycles. The first kappa shape index (κ1) is 30.4. The van der Waals surface area contributed by atoms with Crippen LogP contribution in [0.4, 0.5) is 0 Å². The summed E-state index contributed by atoms with van der Waals surface area (Å²) in [6.07, 6.45) is -0.197. The Bertz CT molecular complexity index is 638. The van der Waals surface area contributed by atoms with E-state index >= 15 is 0 Å². The van der Waals surface area contributed by atoms with Crippen molar-refractivity contribution in [2.75, 3.05) is 0 Å². The molecule has 1 aromatic carbocycles. The number of benzene rings is 1. The van der Waals surface area contributed by atoms with E-state index in [4.69, 9.17) is 0 Å². The Balaban J connectivity index is -0.000000400. The Labute approximate surface area is 161 Å². The van der Waals surface area contributed by atoms with Crippen molar-refractivity contribution in [2.45, 2.75) is 13.3 Å². The van der Waals surface area contributed by atoms with E-state index in [0.29, 0.717) is 17.0 Å². The number of rotatable bonds is 4. The van der Waals surface area contributed by atoms with Gasteiger partial charge in [-0.1, -0.05) is 29.8 Å². The number of carboxylic acid groups (broad SMARTS) is 1. The third kappa shape index (κ3) is 6.93. The maximum atomic E-state index is 12.3. The van der Waals surface area contributed by atoms with Gasteiger partial charge in [0.15, 0.2) is 0 Å². The quantitative estimate of drug-likeness (QED) is 0.393. The molecule has 8 N–H and O–H groups in total. The molecule has 9 heteroatoms. The van der Waals surface area contributed by atoms with Crippen molar-refractivity contribution in [3.8, 4) is 0 Å². The summed E-state index contributed by atoms with van der Waals surface area (Å²) in [5.74, 6) is -1.28. The molecule has 0 aliphatic heterocycles. The summed E-state index contributed by atoms with van der Waals surface area (Å²) in [5, 5.41) is 10.6. The van der Waals surface area contributed by atoms with Gasteiger partial charge in [0.25, 0.3) is 0 Å². The molecule has 0 spiro atoms. The van der Waals surface area contributed by atoms with Crippen LogP contribution in [0.3, 0.4) is 0 Å². The fraction of sp³-hybridized carbons (Fsp3) is 0.200. The SMILES string of the molecule is Cc1ccc(C(=O)c2ccc(CC(=O)[O-])n2C)cc1.O.O.O.O.[Na+]. The van der Waals surface area contributed by atoms with Crippen LogP contribution in [0.15, 0.2) is 36.4 Å². The largest absolute Gasteiger partial charge is 1.00 e. The molecule has 130 valence electrons. The van der Waals surface area contributed by atoms with E-state index < -0.39 is 5.97 Å². The van der Waals surface area contributed by atoms with E-state index in [1.54, 1.807) is 35.9 Å². The topological polar surface area (TPSA) is 188 Å². The summed E-state index contributed by atoms with van der Waals surface area (Å²) >= 11 is 0. The van der Waals surface area contributed by atoms with E-state index in [-0.39, 0.29) is 63.7 Å². The monoisotopic (exact) mass is 351 g/mol. The predicted molar refractivity (Wildman–Crippen MR) is 83.2 cm³/mol. The van der Waals surface area contributed by atoms with Crippen LogP contribution in [0, 0.1) is 6.92 Å². The Hall–Kier alpha value is -1.52. The third-order valence-electron chi connectivity index (χ3n) is 3.10. The molecule has 2 rings (SSSR count). The maximum absolute atomic E-state index is 12.3. The number of carbonyl (C=O) groups excluding carboxylic acids is 2. The predicted octanol–water partition coefficient (Wildman–Crippen LogP) is -5.44. The first-order valence-electron chi connectivity index (χ1n) is 5.95. The number of aryl methyl sites for hydroxylation is 1. The summed E-state index contributed by atoms with van der Waals surface area (Å²) in [7, 11) is 1.68. The van der Waals surface area contributed by atoms with Crippen LogP contribution >= 0.6 is 0 Å². The zero-order chi connectivity index (χ0) is 14.0. The number of aromatic nitrogens is 1. The fourth-order valence-corrected chi connectivity index (χ4v) is 1.96. The average molecular weight is 351 g/mol. The van der Waals surface area contributed by atoms with Crippen LogP contribution in [0.2, 0.25) is 0 Å². The Kier molecular flexibility index (Phi) is 16.3. The first-order chi connectivity index (χ1) is 8.99. The number of nitrogens with zero attached hydrogens (tertiary/aromatic N) is 1. The maximum Gasteiger partial charge on any atom is 1.00 e. The van der Waals surface area contributed by atoms with Crippen LogP contribution in [0.25, 0.3) is 0 Å². The van der Waals surface area contributed by atoms with Gasteiger partial charge in [0.05, 0.1) is 5.69 Å². The summed E-state index contributed by atoms with van der Waals surface area (Å²) in [6, 6.07) is 10.6. The number of carboxylic acids is 1. The molecule has 2 aromatic rings. The molecule has 0 bridgehead atoms. The molecular weight excluding hydrogens is 329 g/mol. The smallest absolute Gasteiger partial charge is 0.550 e. The molecule has 0 aliphatic rings. The molecule has 0 unspecified atom stereocenters. The van der Waals surface area contributed by atoms with Gasteiger partial charge in [-0.2, -0.15) is 0 Å². The van der Waals surface area contributed by atoms with Gasteiger partial charge in [-0.3, -0.25) is 4.79 Å². The Morgan fingerprint density at radius 1 is 0.958 bits per heavy atom. The van der Waals surface area contributed by atoms with Crippen molar-refractivity contribution < 1.29 is 66.2 Å². The molecule has 1 aromatic heterocycles. The van der Waals surface area contributed by atoms with Crippen LogP contribution < -0.4 is 34.7 Å². The minimum Gasteiger partial charge on any atom is -0.550 e. The van der Waals surface area contributed by atoms with Gasteiger partial charge in [-0.25, -0.2) is 0 Å². The van der Waals surface area contributed by atoms with E-state index in [0.717, 1.165) is 5.56 Å². The molecule has 0 fully saturated rings. The zero-order valence-corrected chi connectivity index (χ0v) is 15.8. The molecule has 24 heavy (non-hydrogen) atoms. The number of hydrogen-bond donors (Lipinski definition) is 0. The van der Waals surface area contributed by atoms with Crippen molar-refractivity contribution in [3.05, 3.63) is 58.9 Å². The second-order valence-electron chi connectivity index (χ2n) is 4.51. The number of aliphatic carboxylic acids is 1. The third-order valence-corrected chi connectivity index (χ3v) is 3.10. The van der Waals surface area contributed by atoms with E-state index in [1.165, 1.54) is 0 Å². The molecule has 0 aliphatic carbocycles. The number of carbonyl (C=O) groups is 2. The van der Waals surface area contributed by atoms with Crippen molar-refractivity contribution in [3.63, 3.8) is 0 Å². The van der Waals surface area contributed by atoms with Crippen LogP contribution in [-0.4, -0.2) is 38.2 Å². The number of hydrogen-bond acceptors (Lipinski definition) is 3. The van der Waals surface area contributed by atoms with E-state index in [1.807, 2.05) is 19.1 Å². The van der Waals surface area contributed by atoms with Crippen LogP contribution in [0.1, 0.15) is 27.3 Å². The van der Waals surface area contributed by atoms with E-state index in [9.17, 15) is 14.7 Å². The van der Waals surface area contributed by atoms with Crippen molar-refractivity contribution in [1.82, 2.24) is 4.57 Å². The molecule has 1 heterocycles. The van der Waals surface area contributed by atoms with Gasteiger partial charge in [0.2, 0.25) is 5.78 Å². The second-order valence-corrected chi connectivity index (χ2v) is 4.51. The summed E-state index contributed by atoms with van der Waals surface area (Å²) < 4.78 is 1.60. The Morgan fingerprint density at radius 3 is 1.92 bits per heavy atom. The molecule has 0 amide bonds. The average Bonchev–Trinajstić information content (AvgIpc) is 2.70. The summed E-state index contributed by atoms with van der Waals surface area (Å²) in [6.45, 7) is 1.95. The molecular formula is C15H22NNaO7. The standard InChI is InChI=1S/C15H15NO3.Na.4H2O/c1-10-3-5-11(6-4-10)15(19)13-8-7-12(16(13)2)9-14(17)18;;;;;/h3-8H,9H2,1-2H3,(H,17,18);;4*1H2/q;+1;;;;/p-1. The normalized spacial score (nSPS) is 8.25. The van der Waals surface area contributed by atoms with Crippen molar-refractivity contribution in [1.29, 1.82) is 0 Å².